The highest BCUT2D eigenvalue weighted by Crippen LogP contribution is 2.17. The zero-order chi connectivity index (χ0) is 18.9. The maximum absolute atomic E-state index is 13.5. The number of nitrogens with one attached hydrogen (secondary N) is 2. The summed E-state index contributed by atoms with van der Waals surface area (Å²) in [7, 11) is 0. The number of aryl methyl sites for hydroxylation is 1. The quantitative estimate of drug-likeness (QED) is 0.744. The number of hydrogen-bond acceptors (Lipinski definition) is 4. The molecule has 0 fully saturated rings. The first-order valence-corrected chi connectivity index (χ1v) is 8.21. The third kappa shape index (κ3) is 5.77. The van der Waals surface area contributed by atoms with Gasteiger partial charge < -0.3 is 9.47 Å². The van der Waals surface area contributed by atoms with E-state index in [4.69, 9.17) is 9.47 Å². The molecule has 0 heterocycles. The number of amides is 2. The number of rotatable bonds is 7. The Morgan fingerprint density at radius 3 is 2.62 bits per heavy atom. The number of benzene rings is 2. The standard InChI is InChI=1S/C19H21FN2O4/c1-3-14-7-6-8-15(11-14)25-12-18(23)21-22-19(24)13(2)26-17-10-5-4-9-16(17)20/h4-11,13H,3,12H2,1-2H3,(H,21,23)(H,22,24)/t13-/m1/s1. The summed E-state index contributed by atoms with van der Waals surface area (Å²) in [6, 6.07) is 13.1. The SMILES string of the molecule is CCc1cccc(OCC(=O)NNC(=O)[C@@H](C)Oc2ccccc2F)c1. The van der Waals surface area contributed by atoms with Crippen molar-refractivity contribution in [2.24, 2.45) is 0 Å². The zero-order valence-corrected chi connectivity index (χ0v) is 14.6. The molecule has 0 spiro atoms. The molecule has 1 atom stereocenters. The van der Waals surface area contributed by atoms with Crippen LogP contribution in [0, 0.1) is 5.82 Å². The highest BCUT2D eigenvalue weighted by atomic mass is 19.1. The fourth-order valence-corrected chi connectivity index (χ4v) is 2.06. The molecule has 2 aromatic carbocycles. The molecule has 2 rings (SSSR count). The minimum Gasteiger partial charge on any atom is -0.484 e. The number of halogens is 1. The van der Waals surface area contributed by atoms with Crippen LogP contribution in [0.15, 0.2) is 48.5 Å². The summed E-state index contributed by atoms with van der Waals surface area (Å²) in [5.41, 5.74) is 5.53. The fraction of sp³-hybridized carbons (Fsp3) is 0.263. The first-order valence-electron chi connectivity index (χ1n) is 8.21. The summed E-state index contributed by atoms with van der Waals surface area (Å²) >= 11 is 0. The van der Waals surface area contributed by atoms with Gasteiger partial charge in [0, 0.05) is 0 Å². The third-order valence-corrected chi connectivity index (χ3v) is 3.51. The van der Waals surface area contributed by atoms with Crippen LogP contribution in [-0.4, -0.2) is 24.5 Å². The second-order valence-electron chi connectivity index (χ2n) is 5.52. The molecule has 0 aliphatic carbocycles. The molecule has 6 nitrogen and oxygen atoms in total. The van der Waals surface area contributed by atoms with E-state index in [1.807, 2.05) is 25.1 Å². The largest absolute Gasteiger partial charge is 0.484 e. The van der Waals surface area contributed by atoms with Crippen molar-refractivity contribution < 1.29 is 23.5 Å². The number of ether oxygens (including phenoxy) is 2. The Labute approximate surface area is 151 Å². The number of carbonyl (C=O) groups excluding carboxylic acids is 2. The summed E-state index contributed by atoms with van der Waals surface area (Å²) in [4.78, 5) is 23.7. The van der Waals surface area contributed by atoms with Crippen molar-refractivity contribution in [3.8, 4) is 11.5 Å². The molecule has 2 aromatic rings. The van der Waals surface area contributed by atoms with E-state index >= 15 is 0 Å². The van der Waals surface area contributed by atoms with Crippen LogP contribution in [-0.2, 0) is 16.0 Å². The van der Waals surface area contributed by atoms with E-state index in [0.29, 0.717) is 5.75 Å². The molecule has 138 valence electrons. The molecule has 0 saturated heterocycles. The van der Waals surface area contributed by atoms with Gasteiger partial charge in [-0.05, 0) is 43.2 Å². The van der Waals surface area contributed by atoms with Crippen molar-refractivity contribution >= 4 is 11.8 Å². The molecule has 2 amide bonds. The van der Waals surface area contributed by atoms with Gasteiger partial charge >= 0.3 is 0 Å². The molecule has 0 aromatic heterocycles. The molecule has 0 aliphatic heterocycles. The van der Waals surface area contributed by atoms with Gasteiger partial charge in [-0.2, -0.15) is 0 Å². The third-order valence-electron chi connectivity index (χ3n) is 3.51. The lowest BCUT2D eigenvalue weighted by molar-refractivity contribution is -0.133. The van der Waals surface area contributed by atoms with Crippen molar-refractivity contribution in [2.75, 3.05) is 6.61 Å². The van der Waals surface area contributed by atoms with Crippen LogP contribution < -0.4 is 20.3 Å². The molecule has 0 saturated carbocycles. The molecule has 26 heavy (non-hydrogen) atoms. The second-order valence-corrected chi connectivity index (χ2v) is 5.52. The van der Waals surface area contributed by atoms with Crippen molar-refractivity contribution in [1.29, 1.82) is 0 Å². The Bertz CT molecular complexity index is 767. The maximum atomic E-state index is 13.5. The van der Waals surface area contributed by atoms with Crippen LogP contribution in [0.25, 0.3) is 0 Å². The molecule has 0 aliphatic rings. The average molecular weight is 360 g/mol. The Kier molecular flexibility index (Phi) is 6.96. The summed E-state index contributed by atoms with van der Waals surface area (Å²) in [5, 5.41) is 0. The monoisotopic (exact) mass is 360 g/mol. The van der Waals surface area contributed by atoms with E-state index in [2.05, 4.69) is 10.9 Å². The first kappa shape index (κ1) is 19.2. The van der Waals surface area contributed by atoms with Gasteiger partial charge in [0.2, 0.25) is 0 Å². The summed E-state index contributed by atoms with van der Waals surface area (Å²) < 4.78 is 24.1. The van der Waals surface area contributed by atoms with Crippen LogP contribution in [0.4, 0.5) is 4.39 Å². The van der Waals surface area contributed by atoms with Crippen LogP contribution in [0.2, 0.25) is 0 Å². The summed E-state index contributed by atoms with van der Waals surface area (Å²) in [5.74, 6) is -1.19. The Hall–Kier alpha value is -3.09. The Morgan fingerprint density at radius 2 is 1.88 bits per heavy atom. The van der Waals surface area contributed by atoms with E-state index in [9.17, 15) is 14.0 Å². The van der Waals surface area contributed by atoms with Crippen molar-refractivity contribution in [1.82, 2.24) is 10.9 Å². The van der Waals surface area contributed by atoms with Gasteiger partial charge in [0.15, 0.2) is 24.3 Å². The van der Waals surface area contributed by atoms with E-state index in [0.717, 1.165) is 12.0 Å². The zero-order valence-electron chi connectivity index (χ0n) is 14.6. The maximum Gasteiger partial charge on any atom is 0.279 e. The molecule has 0 radical (unpaired) electrons. The van der Waals surface area contributed by atoms with Crippen LogP contribution in [0.5, 0.6) is 11.5 Å². The van der Waals surface area contributed by atoms with Gasteiger partial charge in [0.1, 0.15) is 5.75 Å². The van der Waals surface area contributed by atoms with E-state index in [1.54, 1.807) is 12.1 Å². The number of para-hydroxylation sites is 1. The molecule has 7 heteroatoms. The number of hydrazine groups is 1. The van der Waals surface area contributed by atoms with Crippen molar-refractivity contribution in [3.63, 3.8) is 0 Å². The van der Waals surface area contributed by atoms with Gasteiger partial charge in [-0.3, -0.25) is 20.4 Å². The smallest absolute Gasteiger partial charge is 0.279 e. The number of carbonyl (C=O) groups is 2. The van der Waals surface area contributed by atoms with Gasteiger partial charge in [0.05, 0.1) is 0 Å². The summed E-state index contributed by atoms with van der Waals surface area (Å²) in [6.45, 7) is 3.21. The molecular weight excluding hydrogens is 339 g/mol. The minimum absolute atomic E-state index is 0.0411. The minimum atomic E-state index is -0.991. The number of hydrogen-bond donors (Lipinski definition) is 2. The van der Waals surface area contributed by atoms with E-state index < -0.39 is 23.7 Å². The first-order chi connectivity index (χ1) is 12.5. The van der Waals surface area contributed by atoms with Crippen molar-refractivity contribution in [2.45, 2.75) is 26.4 Å². The summed E-state index contributed by atoms with van der Waals surface area (Å²) in [6.07, 6.45) is -0.131. The van der Waals surface area contributed by atoms with Crippen LogP contribution in [0.1, 0.15) is 19.4 Å². The van der Waals surface area contributed by atoms with E-state index in [-0.39, 0.29) is 12.4 Å². The molecule has 0 unspecified atom stereocenters. The molecule has 2 N–H and O–H groups in total. The highest BCUT2D eigenvalue weighted by molar-refractivity contribution is 5.85. The van der Waals surface area contributed by atoms with Gasteiger partial charge in [0.25, 0.3) is 11.8 Å². The predicted molar refractivity (Wildman–Crippen MR) is 94.1 cm³/mol. The van der Waals surface area contributed by atoms with Gasteiger partial charge in [-0.25, -0.2) is 4.39 Å². The second kappa shape index (κ2) is 9.41. The lowest BCUT2D eigenvalue weighted by atomic mass is 10.2. The Morgan fingerprint density at radius 1 is 1.12 bits per heavy atom. The van der Waals surface area contributed by atoms with E-state index in [1.165, 1.54) is 25.1 Å². The van der Waals surface area contributed by atoms with Crippen LogP contribution >= 0.6 is 0 Å². The topological polar surface area (TPSA) is 76.7 Å². The average Bonchev–Trinajstić information content (AvgIpc) is 2.66. The van der Waals surface area contributed by atoms with Crippen molar-refractivity contribution in [3.05, 3.63) is 59.9 Å². The molecule has 0 bridgehead atoms. The molecular formula is C19H21FN2O4. The lowest BCUT2D eigenvalue weighted by Gasteiger charge is -2.15. The fourth-order valence-electron chi connectivity index (χ4n) is 2.06. The van der Waals surface area contributed by atoms with Gasteiger partial charge in [-0.1, -0.05) is 31.2 Å². The predicted octanol–water partition coefficient (Wildman–Crippen LogP) is 2.38. The van der Waals surface area contributed by atoms with Crippen LogP contribution in [0.3, 0.4) is 0 Å². The Balaban J connectivity index is 1.75. The lowest BCUT2D eigenvalue weighted by Crippen LogP contribution is -2.48. The highest BCUT2D eigenvalue weighted by Gasteiger charge is 2.17. The van der Waals surface area contributed by atoms with Gasteiger partial charge in [-0.15, -0.1) is 0 Å². The normalized spacial score (nSPS) is 11.3.